The van der Waals surface area contributed by atoms with Crippen LogP contribution < -0.4 is 10.5 Å². The van der Waals surface area contributed by atoms with Gasteiger partial charge in [0.25, 0.3) is 10.0 Å². The molecule has 6 nitrogen and oxygen atoms in total. The van der Waals surface area contributed by atoms with Gasteiger partial charge in [-0.2, -0.15) is 0 Å². The van der Waals surface area contributed by atoms with Crippen LogP contribution in [0.2, 0.25) is 0 Å². The number of hydrogen-bond donors (Lipinski definition) is 2. The van der Waals surface area contributed by atoms with E-state index in [1.807, 2.05) is 4.72 Å². The molecule has 0 amide bonds. The summed E-state index contributed by atoms with van der Waals surface area (Å²) in [4.78, 5) is -0.764. The number of aromatic nitrogens is 2. The second kappa shape index (κ2) is 6.13. The zero-order chi connectivity index (χ0) is 15.5. The van der Waals surface area contributed by atoms with Gasteiger partial charge in [0.05, 0.1) is 12.1 Å². The fourth-order valence-corrected chi connectivity index (χ4v) is 3.35. The minimum absolute atomic E-state index is 0.0449. The molecule has 0 radical (unpaired) electrons. The molecule has 1 aromatic carbocycles. The van der Waals surface area contributed by atoms with E-state index in [2.05, 4.69) is 22.0 Å². The molecule has 110 valence electrons. The van der Waals surface area contributed by atoms with E-state index >= 15 is 0 Å². The lowest BCUT2D eigenvalue weighted by Crippen LogP contribution is -2.16. The van der Waals surface area contributed by atoms with Crippen LogP contribution in [0.15, 0.2) is 22.5 Å². The van der Waals surface area contributed by atoms with Gasteiger partial charge in [0, 0.05) is 6.07 Å². The first-order valence-corrected chi connectivity index (χ1v) is 7.77. The standard InChI is InChI=1S/C11H8F2N4O2S2/c12-8-4-7(2-1-3-14)10(9(13)5-8)21(18,19)17-11-16-15-6-20-11/h4-6H,3,14H2,(H,16,17). The zero-order valence-corrected chi connectivity index (χ0v) is 11.9. The number of rotatable bonds is 3. The molecule has 0 unspecified atom stereocenters. The Morgan fingerprint density at radius 3 is 2.76 bits per heavy atom. The van der Waals surface area contributed by atoms with E-state index in [4.69, 9.17) is 5.73 Å². The second-order valence-electron chi connectivity index (χ2n) is 3.62. The van der Waals surface area contributed by atoms with Crippen molar-refractivity contribution in [1.82, 2.24) is 10.2 Å². The van der Waals surface area contributed by atoms with Crippen LogP contribution in [0.4, 0.5) is 13.9 Å². The molecule has 1 heterocycles. The molecular weight excluding hydrogens is 322 g/mol. The third-order valence-electron chi connectivity index (χ3n) is 2.18. The van der Waals surface area contributed by atoms with E-state index in [1.165, 1.54) is 5.51 Å². The molecule has 0 bridgehead atoms. The molecule has 0 aliphatic rings. The SMILES string of the molecule is NCC#Cc1cc(F)cc(F)c1S(=O)(=O)Nc1nncs1. The van der Waals surface area contributed by atoms with Crippen molar-refractivity contribution in [2.24, 2.45) is 5.73 Å². The summed E-state index contributed by atoms with van der Waals surface area (Å²) in [6.45, 7) is -0.0819. The maximum Gasteiger partial charge on any atom is 0.267 e. The van der Waals surface area contributed by atoms with E-state index in [0.29, 0.717) is 6.07 Å². The molecule has 2 rings (SSSR count). The molecule has 0 aliphatic carbocycles. The second-order valence-corrected chi connectivity index (χ2v) is 6.07. The Hall–Kier alpha value is -2.09. The molecule has 0 saturated carbocycles. The average molecular weight is 330 g/mol. The number of anilines is 1. The summed E-state index contributed by atoms with van der Waals surface area (Å²) in [5, 5.41) is 6.90. The van der Waals surface area contributed by atoms with Crippen molar-refractivity contribution in [3.8, 4) is 11.8 Å². The van der Waals surface area contributed by atoms with Crippen molar-refractivity contribution in [2.45, 2.75) is 4.90 Å². The summed E-state index contributed by atoms with van der Waals surface area (Å²) >= 11 is 0.912. The Kier molecular flexibility index (Phi) is 4.46. The Morgan fingerprint density at radius 2 is 2.14 bits per heavy atom. The molecule has 0 spiro atoms. The lowest BCUT2D eigenvalue weighted by molar-refractivity contribution is 0.549. The highest BCUT2D eigenvalue weighted by Crippen LogP contribution is 2.24. The van der Waals surface area contributed by atoms with E-state index in [1.54, 1.807) is 0 Å². The van der Waals surface area contributed by atoms with Gasteiger partial charge in [-0.05, 0) is 6.07 Å². The van der Waals surface area contributed by atoms with Crippen molar-refractivity contribution in [3.63, 3.8) is 0 Å². The fraction of sp³-hybridized carbons (Fsp3) is 0.0909. The maximum absolute atomic E-state index is 13.9. The monoisotopic (exact) mass is 330 g/mol. The van der Waals surface area contributed by atoms with Crippen LogP contribution in [0, 0.1) is 23.5 Å². The predicted octanol–water partition coefficient (Wildman–Crippen LogP) is 0.927. The largest absolute Gasteiger partial charge is 0.320 e. The highest BCUT2D eigenvalue weighted by Gasteiger charge is 2.25. The van der Waals surface area contributed by atoms with Gasteiger partial charge < -0.3 is 5.73 Å². The normalized spacial score (nSPS) is 10.8. The topological polar surface area (TPSA) is 98.0 Å². The first-order chi connectivity index (χ1) is 9.94. The molecule has 1 aromatic heterocycles. The van der Waals surface area contributed by atoms with Gasteiger partial charge in [0.2, 0.25) is 5.13 Å². The van der Waals surface area contributed by atoms with E-state index in [-0.39, 0.29) is 17.2 Å². The van der Waals surface area contributed by atoms with Crippen molar-refractivity contribution in [2.75, 3.05) is 11.3 Å². The Labute approximate surface area is 123 Å². The molecule has 21 heavy (non-hydrogen) atoms. The average Bonchev–Trinajstić information content (AvgIpc) is 2.86. The summed E-state index contributed by atoms with van der Waals surface area (Å²) in [6, 6.07) is 1.28. The van der Waals surface area contributed by atoms with E-state index < -0.39 is 26.6 Å². The van der Waals surface area contributed by atoms with Crippen LogP contribution in [0.1, 0.15) is 5.56 Å². The quantitative estimate of drug-likeness (QED) is 0.816. The molecule has 0 aliphatic heterocycles. The van der Waals surface area contributed by atoms with Gasteiger partial charge in [-0.15, -0.1) is 10.2 Å². The number of sulfonamides is 1. The summed E-state index contributed by atoms with van der Waals surface area (Å²) in [5.41, 5.74) is 6.15. The first-order valence-electron chi connectivity index (χ1n) is 5.41. The Morgan fingerprint density at radius 1 is 1.38 bits per heavy atom. The van der Waals surface area contributed by atoms with Crippen LogP contribution in [-0.2, 0) is 10.0 Å². The molecule has 0 saturated heterocycles. The smallest absolute Gasteiger partial charge is 0.267 e. The molecular formula is C11H8F2N4O2S2. The van der Waals surface area contributed by atoms with Gasteiger partial charge in [-0.3, -0.25) is 4.72 Å². The molecule has 10 heteroatoms. The fourth-order valence-electron chi connectivity index (χ4n) is 1.46. The Balaban J connectivity index is 2.56. The van der Waals surface area contributed by atoms with Gasteiger partial charge in [0.1, 0.15) is 22.0 Å². The number of nitrogens with zero attached hydrogens (tertiary/aromatic N) is 2. The van der Waals surface area contributed by atoms with Crippen LogP contribution in [0.5, 0.6) is 0 Å². The van der Waals surface area contributed by atoms with Crippen LogP contribution >= 0.6 is 11.3 Å². The minimum atomic E-state index is -4.32. The van der Waals surface area contributed by atoms with Crippen molar-refractivity contribution in [1.29, 1.82) is 0 Å². The summed E-state index contributed by atoms with van der Waals surface area (Å²) in [6.07, 6.45) is 0. The molecule has 0 atom stereocenters. The lowest BCUT2D eigenvalue weighted by Gasteiger charge is -2.08. The van der Waals surface area contributed by atoms with Crippen molar-refractivity contribution in [3.05, 3.63) is 34.8 Å². The number of benzene rings is 1. The Bertz CT molecular complexity index is 811. The summed E-state index contributed by atoms with van der Waals surface area (Å²) < 4.78 is 53.5. The molecule has 3 N–H and O–H groups in total. The van der Waals surface area contributed by atoms with Crippen LogP contribution in [0.3, 0.4) is 0 Å². The van der Waals surface area contributed by atoms with E-state index in [0.717, 1.165) is 17.4 Å². The van der Waals surface area contributed by atoms with Gasteiger partial charge in [-0.25, -0.2) is 17.2 Å². The molecule has 2 aromatic rings. The summed E-state index contributed by atoms with van der Waals surface area (Å²) in [7, 11) is -4.32. The van der Waals surface area contributed by atoms with Crippen LogP contribution in [0.25, 0.3) is 0 Å². The highest BCUT2D eigenvalue weighted by atomic mass is 32.2. The lowest BCUT2D eigenvalue weighted by atomic mass is 10.2. The first kappa shape index (κ1) is 15.3. The van der Waals surface area contributed by atoms with Crippen molar-refractivity contribution >= 4 is 26.5 Å². The third-order valence-corrected chi connectivity index (χ3v) is 4.33. The van der Waals surface area contributed by atoms with Gasteiger partial charge in [-0.1, -0.05) is 23.2 Å². The van der Waals surface area contributed by atoms with E-state index in [9.17, 15) is 17.2 Å². The van der Waals surface area contributed by atoms with Crippen LogP contribution in [-0.4, -0.2) is 25.2 Å². The number of hydrogen-bond acceptors (Lipinski definition) is 6. The number of nitrogens with one attached hydrogen (secondary N) is 1. The number of nitrogens with two attached hydrogens (primary N) is 1. The summed E-state index contributed by atoms with van der Waals surface area (Å²) in [5.74, 6) is 2.49. The van der Waals surface area contributed by atoms with Gasteiger partial charge in [0.15, 0.2) is 0 Å². The maximum atomic E-state index is 13.9. The zero-order valence-electron chi connectivity index (χ0n) is 10.3. The predicted molar refractivity (Wildman–Crippen MR) is 73.0 cm³/mol. The minimum Gasteiger partial charge on any atom is -0.320 e. The van der Waals surface area contributed by atoms with Crippen molar-refractivity contribution < 1.29 is 17.2 Å². The third kappa shape index (κ3) is 3.52. The van der Waals surface area contributed by atoms with Gasteiger partial charge >= 0.3 is 0 Å². The number of halogens is 2. The highest BCUT2D eigenvalue weighted by molar-refractivity contribution is 7.93. The molecule has 0 fully saturated rings.